The number of nitrogens with one attached hydrogen (secondary N) is 1. The number of aryl methyl sites for hydroxylation is 1. The number of amides is 1. The second-order valence-corrected chi connectivity index (χ2v) is 8.81. The van der Waals surface area contributed by atoms with E-state index in [4.69, 9.17) is 4.74 Å². The fourth-order valence-electron chi connectivity index (χ4n) is 3.51. The van der Waals surface area contributed by atoms with Crippen molar-refractivity contribution in [2.75, 3.05) is 11.9 Å². The number of carbonyl (C=O) groups is 1. The Morgan fingerprint density at radius 3 is 2.93 bits per heavy atom. The van der Waals surface area contributed by atoms with Crippen molar-refractivity contribution in [1.29, 1.82) is 5.26 Å². The van der Waals surface area contributed by atoms with Gasteiger partial charge in [0.1, 0.15) is 16.8 Å². The highest BCUT2D eigenvalue weighted by Gasteiger charge is 2.24. The molecule has 0 bridgehead atoms. The summed E-state index contributed by atoms with van der Waals surface area (Å²) in [4.78, 5) is 13.7. The fourth-order valence-corrected chi connectivity index (χ4v) is 4.88. The first kappa shape index (κ1) is 19.4. The van der Waals surface area contributed by atoms with Gasteiger partial charge in [0.15, 0.2) is 6.61 Å². The summed E-state index contributed by atoms with van der Waals surface area (Å²) in [7, 11) is 0. The van der Waals surface area contributed by atoms with Crippen molar-refractivity contribution in [3.63, 3.8) is 0 Å². The van der Waals surface area contributed by atoms with Crippen LogP contribution in [0, 0.1) is 24.2 Å². The van der Waals surface area contributed by atoms with E-state index in [0.717, 1.165) is 41.7 Å². The lowest BCUT2D eigenvalue weighted by Gasteiger charge is -2.17. The maximum Gasteiger partial charge on any atom is 0.262 e. The van der Waals surface area contributed by atoms with Gasteiger partial charge in [0.2, 0.25) is 0 Å². The van der Waals surface area contributed by atoms with Crippen molar-refractivity contribution < 1.29 is 9.53 Å². The number of rotatable bonds is 5. The largest absolute Gasteiger partial charge is 0.483 e. The van der Waals surface area contributed by atoms with Gasteiger partial charge in [-0.1, -0.05) is 32.9 Å². The molecule has 1 atom stereocenters. The van der Waals surface area contributed by atoms with Crippen molar-refractivity contribution in [2.45, 2.75) is 52.9 Å². The van der Waals surface area contributed by atoms with Crippen molar-refractivity contribution in [1.82, 2.24) is 0 Å². The third-order valence-electron chi connectivity index (χ3n) is 5.03. The summed E-state index contributed by atoms with van der Waals surface area (Å²) in [5.74, 6) is 1.47. The molecule has 5 heteroatoms. The van der Waals surface area contributed by atoms with Crippen LogP contribution in [0.2, 0.25) is 0 Å². The fraction of sp³-hybridized carbons (Fsp3) is 0.455. The first-order valence-corrected chi connectivity index (χ1v) is 10.3. The highest BCUT2D eigenvalue weighted by Crippen LogP contribution is 2.39. The third-order valence-corrected chi connectivity index (χ3v) is 6.20. The summed E-state index contributed by atoms with van der Waals surface area (Å²) >= 11 is 1.54. The number of hydrogen-bond acceptors (Lipinski definition) is 4. The van der Waals surface area contributed by atoms with Gasteiger partial charge in [-0.05, 0) is 60.8 Å². The van der Waals surface area contributed by atoms with Gasteiger partial charge in [-0.15, -0.1) is 11.3 Å². The van der Waals surface area contributed by atoms with E-state index >= 15 is 0 Å². The monoisotopic (exact) mass is 382 g/mol. The lowest BCUT2D eigenvalue weighted by molar-refractivity contribution is -0.118. The molecule has 0 radical (unpaired) electrons. The Kier molecular flexibility index (Phi) is 5.86. The second-order valence-electron chi connectivity index (χ2n) is 7.70. The van der Waals surface area contributed by atoms with E-state index in [9.17, 15) is 10.1 Å². The topological polar surface area (TPSA) is 62.1 Å². The van der Waals surface area contributed by atoms with Crippen molar-refractivity contribution in [3.8, 4) is 11.8 Å². The predicted octanol–water partition coefficient (Wildman–Crippen LogP) is 5.19. The van der Waals surface area contributed by atoms with E-state index in [0.29, 0.717) is 22.4 Å². The minimum Gasteiger partial charge on any atom is -0.483 e. The average molecular weight is 383 g/mol. The molecule has 0 saturated heterocycles. The Bertz CT molecular complexity index is 892. The minimum atomic E-state index is -0.227. The Morgan fingerprint density at radius 1 is 1.44 bits per heavy atom. The number of benzene rings is 1. The lowest BCUT2D eigenvalue weighted by Crippen LogP contribution is -2.20. The summed E-state index contributed by atoms with van der Waals surface area (Å²) in [6.07, 6.45) is 3.01. The summed E-state index contributed by atoms with van der Waals surface area (Å²) in [5, 5.41) is 13.1. The summed E-state index contributed by atoms with van der Waals surface area (Å²) in [6.45, 7) is 8.39. The first-order valence-electron chi connectivity index (χ1n) is 9.46. The molecular formula is C22H26N2O2S. The molecule has 0 spiro atoms. The van der Waals surface area contributed by atoms with E-state index in [1.807, 2.05) is 13.0 Å². The van der Waals surface area contributed by atoms with E-state index in [1.165, 1.54) is 4.88 Å². The molecule has 1 aliphatic rings. The Morgan fingerprint density at radius 2 is 2.22 bits per heavy atom. The third kappa shape index (κ3) is 4.33. The van der Waals surface area contributed by atoms with Gasteiger partial charge < -0.3 is 10.1 Å². The maximum absolute atomic E-state index is 12.5. The predicted molar refractivity (Wildman–Crippen MR) is 110 cm³/mol. The van der Waals surface area contributed by atoms with Gasteiger partial charge in [-0.2, -0.15) is 5.26 Å². The molecule has 4 nitrogen and oxygen atoms in total. The highest BCUT2D eigenvalue weighted by atomic mass is 32.1. The number of anilines is 1. The Hall–Kier alpha value is -2.32. The lowest BCUT2D eigenvalue weighted by atomic mass is 9.89. The van der Waals surface area contributed by atoms with Crippen molar-refractivity contribution >= 4 is 22.2 Å². The number of nitrogens with zero attached hydrogens (tertiary/aromatic N) is 1. The van der Waals surface area contributed by atoms with E-state index in [1.54, 1.807) is 11.3 Å². The Balaban J connectivity index is 1.71. The van der Waals surface area contributed by atoms with Gasteiger partial charge in [0.25, 0.3) is 5.91 Å². The van der Waals surface area contributed by atoms with Crippen LogP contribution < -0.4 is 10.1 Å². The molecule has 1 aromatic heterocycles. The minimum absolute atomic E-state index is 0.0625. The normalized spacial score (nSPS) is 15.9. The molecule has 27 heavy (non-hydrogen) atoms. The van der Waals surface area contributed by atoms with Crippen LogP contribution in [0.4, 0.5) is 5.00 Å². The molecule has 2 aromatic rings. The first-order chi connectivity index (χ1) is 12.9. The summed E-state index contributed by atoms with van der Waals surface area (Å²) in [5.41, 5.74) is 3.94. The number of fused-ring (bicyclic) bond motifs is 1. The summed E-state index contributed by atoms with van der Waals surface area (Å²) in [6, 6.07) is 8.36. The molecule has 1 N–H and O–H groups in total. The highest BCUT2D eigenvalue weighted by molar-refractivity contribution is 7.16. The van der Waals surface area contributed by atoms with E-state index in [2.05, 4.69) is 44.3 Å². The molecule has 142 valence electrons. The number of thiophene rings is 1. The average Bonchev–Trinajstić information content (AvgIpc) is 2.95. The molecule has 1 aliphatic carbocycles. The van der Waals surface area contributed by atoms with Crippen LogP contribution in [0.3, 0.4) is 0 Å². The van der Waals surface area contributed by atoms with Gasteiger partial charge in [0, 0.05) is 4.88 Å². The molecule has 3 rings (SSSR count). The van der Waals surface area contributed by atoms with Crippen LogP contribution in [0.25, 0.3) is 0 Å². The summed E-state index contributed by atoms with van der Waals surface area (Å²) < 4.78 is 5.82. The molecule has 1 aromatic carbocycles. The number of nitriles is 1. The van der Waals surface area contributed by atoms with Gasteiger partial charge in [0.05, 0.1) is 5.56 Å². The zero-order valence-electron chi connectivity index (χ0n) is 16.4. The number of carbonyl (C=O) groups excluding carboxylic acids is 1. The smallest absolute Gasteiger partial charge is 0.262 e. The standard InChI is InChI=1S/C22H26N2O2S/c1-13(2)16-7-5-14(3)9-19(16)26-12-21(25)24-22-18(11-23)17-8-6-15(4)10-20(17)27-22/h5,7,9,13,15H,6,8,10,12H2,1-4H3,(H,24,25). The number of ether oxygens (including phenoxy) is 1. The maximum atomic E-state index is 12.5. The van der Waals surface area contributed by atoms with Crippen molar-refractivity contribution in [2.24, 2.45) is 5.92 Å². The van der Waals surface area contributed by atoms with Gasteiger partial charge in [-0.25, -0.2) is 0 Å². The molecule has 1 unspecified atom stereocenters. The van der Waals surface area contributed by atoms with Crippen molar-refractivity contribution in [3.05, 3.63) is 45.3 Å². The molecule has 0 aliphatic heterocycles. The number of hydrogen-bond donors (Lipinski definition) is 1. The zero-order chi connectivity index (χ0) is 19.6. The zero-order valence-corrected chi connectivity index (χ0v) is 17.2. The molecule has 1 amide bonds. The molecule has 1 heterocycles. The van der Waals surface area contributed by atoms with Crippen LogP contribution in [0.5, 0.6) is 5.75 Å². The molecule has 0 saturated carbocycles. The molecule has 0 fully saturated rings. The quantitative estimate of drug-likeness (QED) is 0.774. The molecular weight excluding hydrogens is 356 g/mol. The van der Waals surface area contributed by atoms with Crippen LogP contribution >= 0.6 is 11.3 Å². The van der Waals surface area contributed by atoms with Gasteiger partial charge in [-0.3, -0.25) is 4.79 Å². The van der Waals surface area contributed by atoms with E-state index < -0.39 is 0 Å². The SMILES string of the molecule is Cc1ccc(C(C)C)c(OCC(=O)Nc2sc3c(c2C#N)CCC(C)C3)c1. The van der Waals surface area contributed by atoms with Crippen LogP contribution in [0.15, 0.2) is 18.2 Å². The van der Waals surface area contributed by atoms with Gasteiger partial charge >= 0.3 is 0 Å². The van der Waals surface area contributed by atoms with E-state index in [-0.39, 0.29) is 12.5 Å². The van der Waals surface area contributed by atoms with Crippen LogP contribution in [0.1, 0.15) is 60.2 Å². The van der Waals surface area contributed by atoms with Crippen LogP contribution in [-0.2, 0) is 17.6 Å². The van der Waals surface area contributed by atoms with Crippen LogP contribution in [-0.4, -0.2) is 12.5 Å². The Labute approximate surface area is 165 Å². The second kappa shape index (κ2) is 8.14.